The zero-order valence-electron chi connectivity index (χ0n) is 22.3. The normalized spacial score (nSPS) is 43.5. The number of carbonyl (C=O) groups is 1. The highest BCUT2D eigenvalue weighted by Crippen LogP contribution is 2.68. The van der Waals surface area contributed by atoms with Crippen molar-refractivity contribution in [2.24, 2.45) is 52.3 Å². The molecule has 4 heteroatoms. The first-order valence-corrected chi connectivity index (χ1v) is 14.2. The summed E-state index contributed by atoms with van der Waals surface area (Å²) in [6, 6.07) is 0. The Hall–Kier alpha value is -0.710. The summed E-state index contributed by atoms with van der Waals surface area (Å²) in [5, 5.41) is 30.3. The molecule has 0 spiro atoms. The largest absolute Gasteiger partial charge is 0.393 e. The van der Waals surface area contributed by atoms with Gasteiger partial charge in [0.25, 0.3) is 0 Å². The maximum absolute atomic E-state index is 13.2. The molecular formula is C30H50O4. The Morgan fingerprint density at radius 3 is 2.53 bits per heavy atom. The van der Waals surface area contributed by atoms with Crippen molar-refractivity contribution < 1.29 is 20.1 Å². The molecule has 0 radical (unpaired) electrons. The Morgan fingerprint density at radius 1 is 1.12 bits per heavy atom. The maximum atomic E-state index is 13.2. The predicted octanol–water partition coefficient (Wildman–Crippen LogP) is 5.54. The van der Waals surface area contributed by atoms with Gasteiger partial charge in [0.05, 0.1) is 12.7 Å². The first kappa shape index (κ1) is 26.4. The molecule has 194 valence electrons. The van der Waals surface area contributed by atoms with Crippen molar-refractivity contribution in [1.29, 1.82) is 0 Å². The quantitative estimate of drug-likeness (QED) is 0.404. The highest BCUT2D eigenvalue weighted by molar-refractivity contribution is 5.87. The van der Waals surface area contributed by atoms with Crippen LogP contribution < -0.4 is 0 Å². The molecule has 3 fully saturated rings. The van der Waals surface area contributed by atoms with Gasteiger partial charge in [0.2, 0.25) is 0 Å². The third-order valence-electron chi connectivity index (χ3n) is 11.3. The van der Waals surface area contributed by atoms with Crippen LogP contribution in [0.3, 0.4) is 0 Å². The number of hydrogen-bond donors (Lipinski definition) is 3. The van der Waals surface area contributed by atoms with Crippen molar-refractivity contribution in [3.8, 4) is 0 Å². The van der Waals surface area contributed by atoms with Crippen LogP contribution in [0, 0.1) is 52.3 Å². The van der Waals surface area contributed by atoms with Crippen molar-refractivity contribution in [3.05, 3.63) is 11.6 Å². The van der Waals surface area contributed by atoms with E-state index in [1.165, 1.54) is 44.1 Å². The van der Waals surface area contributed by atoms with Gasteiger partial charge in [0.15, 0.2) is 5.78 Å². The topological polar surface area (TPSA) is 77.8 Å². The second-order valence-corrected chi connectivity index (χ2v) is 13.4. The van der Waals surface area contributed by atoms with Gasteiger partial charge < -0.3 is 15.3 Å². The van der Waals surface area contributed by atoms with Crippen LogP contribution in [0.25, 0.3) is 0 Å². The van der Waals surface area contributed by atoms with Crippen molar-refractivity contribution >= 4 is 5.78 Å². The smallest absolute Gasteiger partial charge is 0.167 e. The van der Waals surface area contributed by atoms with E-state index in [2.05, 4.69) is 40.7 Å². The molecule has 0 aromatic carbocycles. The second-order valence-electron chi connectivity index (χ2n) is 13.4. The van der Waals surface area contributed by atoms with Crippen LogP contribution in [0.15, 0.2) is 11.6 Å². The first-order valence-electron chi connectivity index (χ1n) is 14.2. The minimum absolute atomic E-state index is 0.272. The van der Waals surface area contributed by atoms with Crippen LogP contribution in [0.5, 0.6) is 0 Å². The van der Waals surface area contributed by atoms with Gasteiger partial charge in [0, 0.05) is 11.3 Å². The Bertz CT molecular complexity index is 774. The number of carbonyl (C=O) groups excluding carboxylic acids is 1. The second kappa shape index (κ2) is 9.98. The standard InChI is InChI=1S/C30H50O4/c1-18(2)7-6-8-19(3)23-11-12-24-22-10-9-20-15-21(32)16-26(28(34)27(33)17-31)30(20,5)25(22)13-14-29(23,24)4/h9,18-19,21-27,31-33H,6-8,10-17H2,1-5H3/t19-,21-,22+,23-,24+,25+,26?,27?,29-,30-/m1/s1. The molecule has 10 atom stereocenters. The van der Waals surface area contributed by atoms with E-state index in [4.69, 9.17) is 0 Å². The van der Waals surface area contributed by atoms with Crippen LogP contribution in [0.4, 0.5) is 0 Å². The van der Waals surface area contributed by atoms with E-state index in [1.807, 2.05) is 0 Å². The third-order valence-corrected chi connectivity index (χ3v) is 11.3. The van der Waals surface area contributed by atoms with Crippen molar-refractivity contribution in [2.45, 2.75) is 111 Å². The SMILES string of the molecule is CC(C)CCC[C@@H](C)[C@H]1CC[C@H]2[C@@H]3CC=C4C[C@@H](O)CC(C(=O)C(O)CO)[C@@]4(C)[C@H]3CC[C@]12C. The highest BCUT2D eigenvalue weighted by Gasteiger charge is 2.62. The molecule has 0 amide bonds. The van der Waals surface area contributed by atoms with E-state index in [1.54, 1.807) is 0 Å². The number of Topliss-reactive ketones (excluding diaryl/α,β-unsaturated/α-hetero) is 1. The van der Waals surface area contributed by atoms with Gasteiger partial charge in [-0.2, -0.15) is 0 Å². The van der Waals surface area contributed by atoms with Gasteiger partial charge in [-0.15, -0.1) is 0 Å². The van der Waals surface area contributed by atoms with E-state index in [-0.39, 0.29) is 11.2 Å². The van der Waals surface area contributed by atoms with Crippen LogP contribution in [0.2, 0.25) is 0 Å². The Morgan fingerprint density at radius 2 is 1.85 bits per heavy atom. The van der Waals surface area contributed by atoms with Crippen molar-refractivity contribution in [2.75, 3.05) is 6.61 Å². The van der Waals surface area contributed by atoms with Gasteiger partial charge in [0.1, 0.15) is 6.10 Å². The van der Waals surface area contributed by atoms with E-state index >= 15 is 0 Å². The fourth-order valence-electron chi connectivity index (χ4n) is 9.50. The molecule has 4 aliphatic rings. The lowest BCUT2D eigenvalue weighted by Crippen LogP contribution is -2.56. The van der Waals surface area contributed by atoms with Crippen LogP contribution in [-0.2, 0) is 4.79 Å². The molecule has 0 heterocycles. The Balaban J connectivity index is 1.58. The molecule has 0 aliphatic heterocycles. The average Bonchev–Trinajstić information content (AvgIpc) is 3.15. The average molecular weight is 475 g/mol. The Labute approximate surface area is 207 Å². The summed E-state index contributed by atoms with van der Waals surface area (Å²) >= 11 is 0. The number of aliphatic hydroxyl groups is 3. The zero-order valence-corrected chi connectivity index (χ0v) is 22.3. The predicted molar refractivity (Wildman–Crippen MR) is 136 cm³/mol. The summed E-state index contributed by atoms with van der Waals surface area (Å²) in [5.74, 6) is 3.38. The van der Waals surface area contributed by atoms with E-state index < -0.39 is 24.7 Å². The monoisotopic (exact) mass is 474 g/mol. The van der Waals surface area contributed by atoms with Gasteiger partial charge in [-0.3, -0.25) is 4.79 Å². The molecule has 0 aromatic rings. The summed E-state index contributed by atoms with van der Waals surface area (Å²) in [7, 11) is 0. The fraction of sp³-hybridized carbons (Fsp3) is 0.900. The fourth-order valence-corrected chi connectivity index (χ4v) is 9.50. The number of ketones is 1. The number of hydrogen-bond acceptors (Lipinski definition) is 4. The third kappa shape index (κ3) is 4.34. The maximum Gasteiger partial charge on any atom is 0.167 e. The van der Waals surface area contributed by atoms with Crippen molar-refractivity contribution in [3.63, 3.8) is 0 Å². The minimum Gasteiger partial charge on any atom is -0.393 e. The summed E-state index contributed by atoms with van der Waals surface area (Å²) in [6.45, 7) is 11.4. The van der Waals surface area contributed by atoms with Crippen LogP contribution in [0.1, 0.15) is 98.8 Å². The summed E-state index contributed by atoms with van der Waals surface area (Å²) in [4.78, 5) is 13.2. The summed E-state index contributed by atoms with van der Waals surface area (Å²) in [5.41, 5.74) is 1.31. The minimum atomic E-state index is -1.34. The number of rotatable bonds is 8. The lowest BCUT2D eigenvalue weighted by Gasteiger charge is -2.60. The number of allylic oxidation sites excluding steroid dienone is 1. The molecule has 3 saturated carbocycles. The van der Waals surface area contributed by atoms with Gasteiger partial charge >= 0.3 is 0 Å². The zero-order chi connectivity index (χ0) is 24.8. The van der Waals surface area contributed by atoms with Crippen LogP contribution >= 0.6 is 0 Å². The molecule has 2 unspecified atom stereocenters. The molecule has 0 bridgehead atoms. The molecule has 4 rings (SSSR count). The number of fused-ring (bicyclic) bond motifs is 5. The van der Waals surface area contributed by atoms with Gasteiger partial charge in [-0.1, -0.05) is 65.5 Å². The summed E-state index contributed by atoms with van der Waals surface area (Å²) in [6.07, 6.45) is 11.6. The highest BCUT2D eigenvalue weighted by atomic mass is 16.3. The van der Waals surface area contributed by atoms with E-state index in [0.717, 1.165) is 30.6 Å². The van der Waals surface area contributed by atoms with Gasteiger partial charge in [-0.05, 0) is 85.9 Å². The molecule has 0 aromatic heterocycles. The first-order chi connectivity index (χ1) is 16.0. The molecule has 0 saturated heterocycles. The summed E-state index contributed by atoms with van der Waals surface area (Å²) < 4.78 is 0. The molecule has 4 aliphatic carbocycles. The van der Waals surface area contributed by atoms with E-state index in [9.17, 15) is 20.1 Å². The lowest BCUT2D eigenvalue weighted by molar-refractivity contribution is -0.146. The van der Waals surface area contributed by atoms with Crippen LogP contribution in [-0.4, -0.2) is 39.9 Å². The molecule has 34 heavy (non-hydrogen) atoms. The Kier molecular flexibility index (Phi) is 7.73. The molecular weight excluding hydrogens is 424 g/mol. The molecule has 4 nitrogen and oxygen atoms in total. The van der Waals surface area contributed by atoms with E-state index in [0.29, 0.717) is 36.0 Å². The lowest BCUT2D eigenvalue weighted by atomic mass is 9.44. The number of aliphatic hydroxyl groups excluding tert-OH is 3. The van der Waals surface area contributed by atoms with Gasteiger partial charge in [-0.25, -0.2) is 0 Å². The molecule has 3 N–H and O–H groups in total. The van der Waals surface area contributed by atoms with Crippen molar-refractivity contribution in [1.82, 2.24) is 0 Å².